The molecule has 1 heterocycles. The third kappa shape index (κ3) is 3.84. The molecule has 0 fully saturated rings. The minimum atomic E-state index is 0.920. The zero-order chi connectivity index (χ0) is 27.2. The quantitative estimate of drug-likeness (QED) is 0.214. The van der Waals surface area contributed by atoms with Crippen molar-refractivity contribution in [2.45, 2.75) is 0 Å². The number of fused-ring (bicyclic) bond motifs is 4. The molecule has 0 bridgehead atoms. The highest BCUT2D eigenvalue weighted by atomic mass is 15.2. The SMILES string of the molecule is c1ccc(N(c2nccc3ccccc23)c2c3ccccc3c(-c3ccc4ccccc4c3)c3ccccc23)cc1. The molecule has 192 valence electrons. The minimum Gasteiger partial charge on any atom is -0.293 e. The second kappa shape index (κ2) is 9.62. The number of rotatable bonds is 4. The summed E-state index contributed by atoms with van der Waals surface area (Å²) >= 11 is 0. The molecule has 0 saturated heterocycles. The first kappa shape index (κ1) is 23.4. The van der Waals surface area contributed by atoms with E-state index in [1.807, 2.05) is 6.20 Å². The summed E-state index contributed by atoms with van der Waals surface area (Å²) in [5.74, 6) is 0.920. The van der Waals surface area contributed by atoms with Crippen molar-refractivity contribution in [2.24, 2.45) is 0 Å². The molecule has 1 aromatic heterocycles. The Morgan fingerprint density at radius 2 is 0.976 bits per heavy atom. The number of hydrogen-bond donors (Lipinski definition) is 0. The lowest BCUT2D eigenvalue weighted by Gasteiger charge is -2.29. The van der Waals surface area contributed by atoms with E-state index < -0.39 is 0 Å². The Morgan fingerprint density at radius 1 is 0.415 bits per heavy atom. The predicted molar refractivity (Wildman–Crippen MR) is 174 cm³/mol. The first-order chi connectivity index (χ1) is 20.4. The van der Waals surface area contributed by atoms with Gasteiger partial charge in [0.05, 0.1) is 5.69 Å². The summed E-state index contributed by atoms with van der Waals surface area (Å²) in [6.07, 6.45) is 1.92. The monoisotopic (exact) mass is 522 g/mol. The van der Waals surface area contributed by atoms with Crippen LogP contribution in [0.4, 0.5) is 17.2 Å². The van der Waals surface area contributed by atoms with Crippen LogP contribution in [0.1, 0.15) is 0 Å². The summed E-state index contributed by atoms with van der Waals surface area (Å²) in [7, 11) is 0. The van der Waals surface area contributed by atoms with E-state index in [4.69, 9.17) is 4.98 Å². The highest BCUT2D eigenvalue weighted by Crippen LogP contribution is 2.48. The van der Waals surface area contributed by atoms with Crippen LogP contribution >= 0.6 is 0 Å². The smallest absolute Gasteiger partial charge is 0.145 e. The number of aromatic nitrogens is 1. The van der Waals surface area contributed by atoms with Crippen molar-refractivity contribution in [3.63, 3.8) is 0 Å². The zero-order valence-electron chi connectivity index (χ0n) is 22.4. The molecule has 0 aliphatic heterocycles. The molecule has 0 N–H and O–H groups in total. The maximum Gasteiger partial charge on any atom is 0.145 e. The van der Waals surface area contributed by atoms with Gasteiger partial charge >= 0.3 is 0 Å². The second-order valence-electron chi connectivity index (χ2n) is 10.4. The van der Waals surface area contributed by atoms with Crippen molar-refractivity contribution in [3.05, 3.63) is 158 Å². The number of para-hydroxylation sites is 1. The molecule has 7 aromatic carbocycles. The summed E-state index contributed by atoms with van der Waals surface area (Å²) in [5.41, 5.74) is 4.68. The van der Waals surface area contributed by atoms with Gasteiger partial charge in [-0.25, -0.2) is 4.98 Å². The molecule has 8 rings (SSSR count). The summed E-state index contributed by atoms with van der Waals surface area (Å²) in [6.45, 7) is 0. The molecular weight excluding hydrogens is 496 g/mol. The van der Waals surface area contributed by atoms with Gasteiger partial charge in [-0.3, -0.25) is 4.90 Å². The van der Waals surface area contributed by atoms with E-state index in [2.05, 4.69) is 157 Å². The molecule has 8 aromatic rings. The fraction of sp³-hybridized carbons (Fsp3) is 0. The first-order valence-electron chi connectivity index (χ1n) is 14.0. The Balaban J connectivity index is 1.52. The van der Waals surface area contributed by atoms with Crippen LogP contribution in [-0.4, -0.2) is 4.98 Å². The molecule has 2 nitrogen and oxygen atoms in total. The van der Waals surface area contributed by atoms with Gasteiger partial charge in [0.2, 0.25) is 0 Å². The minimum absolute atomic E-state index is 0.920. The Morgan fingerprint density at radius 3 is 1.68 bits per heavy atom. The lowest BCUT2D eigenvalue weighted by molar-refractivity contribution is 1.21. The Labute approximate surface area is 238 Å². The van der Waals surface area contributed by atoms with Gasteiger partial charge in [-0.1, -0.05) is 127 Å². The van der Waals surface area contributed by atoms with Crippen molar-refractivity contribution in [1.82, 2.24) is 4.98 Å². The normalized spacial score (nSPS) is 11.4. The van der Waals surface area contributed by atoms with Crippen molar-refractivity contribution in [1.29, 1.82) is 0 Å². The number of hydrogen-bond acceptors (Lipinski definition) is 2. The average Bonchev–Trinajstić information content (AvgIpc) is 3.05. The van der Waals surface area contributed by atoms with Crippen molar-refractivity contribution >= 4 is 60.3 Å². The van der Waals surface area contributed by atoms with Crippen LogP contribution in [-0.2, 0) is 0 Å². The number of pyridine rings is 1. The molecule has 2 heteroatoms. The lowest BCUT2D eigenvalue weighted by atomic mass is 9.89. The Hall–Kier alpha value is -5.47. The van der Waals surface area contributed by atoms with E-state index >= 15 is 0 Å². The van der Waals surface area contributed by atoms with E-state index in [0.29, 0.717) is 0 Å². The van der Waals surface area contributed by atoms with Gasteiger partial charge in [0, 0.05) is 28.0 Å². The van der Waals surface area contributed by atoms with Crippen LogP contribution in [0.3, 0.4) is 0 Å². The molecule has 0 unspecified atom stereocenters. The maximum atomic E-state index is 5.01. The average molecular weight is 523 g/mol. The summed E-state index contributed by atoms with van der Waals surface area (Å²) in [6, 6.07) is 54.2. The summed E-state index contributed by atoms with van der Waals surface area (Å²) in [4.78, 5) is 7.36. The highest BCUT2D eigenvalue weighted by molar-refractivity contribution is 6.23. The third-order valence-corrected chi connectivity index (χ3v) is 8.04. The predicted octanol–water partition coefficient (Wildman–Crippen LogP) is 10.8. The fourth-order valence-electron chi connectivity index (χ4n) is 6.22. The van der Waals surface area contributed by atoms with Gasteiger partial charge in [0.25, 0.3) is 0 Å². The molecular formula is C39H26N2. The van der Waals surface area contributed by atoms with E-state index in [0.717, 1.165) is 22.6 Å². The standard InChI is InChI=1S/C39H26N2/c1-2-15-31(16-3-1)41(39-32-17-7-6-13-28(32)24-25-40-39)38-35-20-10-8-18-33(35)37(34-19-9-11-21-36(34)38)30-23-22-27-12-4-5-14-29(27)26-30/h1-26H. The van der Waals surface area contributed by atoms with E-state index in [9.17, 15) is 0 Å². The molecule has 0 aliphatic carbocycles. The topological polar surface area (TPSA) is 16.1 Å². The zero-order valence-corrected chi connectivity index (χ0v) is 22.4. The van der Waals surface area contributed by atoms with Gasteiger partial charge < -0.3 is 0 Å². The molecule has 0 radical (unpaired) electrons. The van der Waals surface area contributed by atoms with Crippen LogP contribution in [0.15, 0.2) is 158 Å². The Kier molecular flexibility index (Phi) is 5.49. The van der Waals surface area contributed by atoms with Crippen LogP contribution < -0.4 is 4.90 Å². The van der Waals surface area contributed by atoms with E-state index in [1.54, 1.807) is 0 Å². The van der Waals surface area contributed by atoms with Crippen LogP contribution in [0.2, 0.25) is 0 Å². The lowest BCUT2D eigenvalue weighted by Crippen LogP contribution is -2.13. The van der Waals surface area contributed by atoms with Gasteiger partial charge in [0.15, 0.2) is 0 Å². The maximum absolute atomic E-state index is 5.01. The van der Waals surface area contributed by atoms with Gasteiger partial charge in [-0.15, -0.1) is 0 Å². The summed E-state index contributed by atoms with van der Waals surface area (Å²) in [5, 5.41) is 9.59. The van der Waals surface area contributed by atoms with Crippen LogP contribution in [0, 0.1) is 0 Å². The van der Waals surface area contributed by atoms with Gasteiger partial charge in [-0.05, 0) is 62.3 Å². The van der Waals surface area contributed by atoms with Crippen molar-refractivity contribution < 1.29 is 0 Å². The highest BCUT2D eigenvalue weighted by Gasteiger charge is 2.23. The third-order valence-electron chi connectivity index (χ3n) is 8.04. The molecule has 0 saturated carbocycles. The number of benzene rings is 7. The molecule has 0 aliphatic rings. The largest absolute Gasteiger partial charge is 0.293 e. The first-order valence-corrected chi connectivity index (χ1v) is 14.0. The van der Waals surface area contributed by atoms with E-state index in [-0.39, 0.29) is 0 Å². The van der Waals surface area contributed by atoms with Crippen LogP contribution in [0.5, 0.6) is 0 Å². The van der Waals surface area contributed by atoms with Crippen molar-refractivity contribution in [3.8, 4) is 11.1 Å². The van der Waals surface area contributed by atoms with E-state index in [1.165, 1.54) is 48.8 Å². The molecule has 0 amide bonds. The van der Waals surface area contributed by atoms with Crippen molar-refractivity contribution in [2.75, 3.05) is 4.90 Å². The Bertz CT molecular complexity index is 2150. The number of anilines is 3. The fourth-order valence-corrected chi connectivity index (χ4v) is 6.22. The molecule has 41 heavy (non-hydrogen) atoms. The molecule has 0 spiro atoms. The summed E-state index contributed by atoms with van der Waals surface area (Å²) < 4.78 is 0. The number of nitrogens with zero attached hydrogens (tertiary/aromatic N) is 2. The van der Waals surface area contributed by atoms with Gasteiger partial charge in [-0.2, -0.15) is 0 Å². The van der Waals surface area contributed by atoms with Gasteiger partial charge in [0.1, 0.15) is 5.82 Å². The second-order valence-corrected chi connectivity index (χ2v) is 10.4. The molecule has 0 atom stereocenters. The van der Waals surface area contributed by atoms with Crippen LogP contribution in [0.25, 0.3) is 54.2 Å².